The Bertz CT molecular complexity index is 459. The second-order valence-corrected chi connectivity index (χ2v) is 5.83. The number of hydrogen-bond donors (Lipinski definition) is 2. The van der Waals surface area contributed by atoms with Crippen molar-refractivity contribution in [2.24, 2.45) is 18.0 Å². The fraction of sp³-hybridized carbons (Fsp3) is 0.750. The van der Waals surface area contributed by atoms with Gasteiger partial charge in [-0.05, 0) is 44.1 Å². The minimum absolute atomic E-state index is 0. The van der Waals surface area contributed by atoms with Crippen LogP contribution in [0.3, 0.4) is 0 Å². The molecule has 132 valence electrons. The van der Waals surface area contributed by atoms with Gasteiger partial charge in [0.15, 0.2) is 5.96 Å². The van der Waals surface area contributed by atoms with Gasteiger partial charge >= 0.3 is 0 Å². The van der Waals surface area contributed by atoms with Crippen LogP contribution in [-0.2, 0) is 18.2 Å². The fourth-order valence-electron chi connectivity index (χ4n) is 2.16. The maximum atomic E-state index is 5.62. The van der Waals surface area contributed by atoms with Crippen molar-refractivity contribution in [1.82, 2.24) is 20.4 Å². The summed E-state index contributed by atoms with van der Waals surface area (Å²) in [4.78, 5) is 4.58. The van der Waals surface area contributed by atoms with E-state index in [2.05, 4.69) is 27.6 Å². The molecule has 1 aliphatic carbocycles. The Labute approximate surface area is 156 Å². The lowest BCUT2D eigenvalue weighted by Gasteiger charge is -2.10. The van der Waals surface area contributed by atoms with Gasteiger partial charge in [-0.1, -0.05) is 0 Å². The standard InChI is InChI=1S/C16H29N5O.HI/c1-3-17-16(18-8-4-10-22-13-14-5-6-14)19-9-7-15-11-20-21(2)12-15;/h11-12,14H,3-10,13H2,1-2H3,(H2,17,18,19);1H. The molecule has 23 heavy (non-hydrogen) atoms. The molecule has 1 aliphatic rings. The Morgan fingerprint density at radius 2 is 2.26 bits per heavy atom. The summed E-state index contributed by atoms with van der Waals surface area (Å²) in [5, 5.41) is 10.8. The smallest absolute Gasteiger partial charge is 0.191 e. The summed E-state index contributed by atoms with van der Waals surface area (Å²) in [6.07, 6.45) is 8.58. The van der Waals surface area contributed by atoms with Gasteiger partial charge in [0.2, 0.25) is 0 Å². The predicted molar refractivity (Wildman–Crippen MR) is 104 cm³/mol. The molecule has 0 spiro atoms. The lowest BCUT2D eigenvalue weighted by molar-refractivity contribution is 0.123. The van der Waals surface area contributed by atoms with Gasteiger partial charge in [-0.15, -0.1) is 24.0 Å². The van der Waals surface area contributed by atoms with Gasteiger partial charge < -0.3 is 15.4 Å². The second kappa shape index (κ2) is 11.7. The van der Waals surface area contributed by atoms with Crippen LogP contribution in [0.2, 0.25) is 0 Å². The highest BCUT2D eigenvalue weighted by Gasteiger charge is 2.20. The van der Waals surface area contributed by atoms with E-state index in [9.17, 15) is 0 Å². The van der Waals surface area contributed by atoms with Gasteiger partial charge in [-0.25, -0.2) is 0 Å². The zero-order valence-corrected chi connectivity index (χ0v) is 16.6. The molecule has 1 aromatic rings. The average Bonchev–Trinajstić information content (AvgIpc) is 3.24. The molecule has 0 bridgehead atoms. The van der Waals surface area contributed by atoms with E-state index in [4.69, 9.17) is 4.74 Å². The van der Waals surface area contributed by atoms with Gasteiger partial charge in [-0.3, -0.25) is 9.67 Å². The summed E-state index contributed by atoms with van der Waals surface area (Å²) in [5.41, 5.74) is 1.24. The summed E-state index contributed by atoms with van der Waals surface area (Å²) < 4.78 is 7.45. The monoisotopic (exact) mass is 435 g/mol. The summed E-state index contributed by atoms with van der Waals surface area (Å²) in [7, 11) is 1.94. The molecular formula is C16H30IN5O. The highest BCUT2D eigenvalue weighted by molar-refractivity contribution is 14.0. The molecule has 0 atom stereocenters. The van der Waals surface area contributed by atoms with Gasteiger partial charge in [0.1, 0.15) is 0 Å². The molecule has 1 heterocycles. The van der Waals surface area contributed by atoms with Crippen LogP contribution < -0.4 is 10.6 Å². The molecule has 1 aromatic heterocycles. The minimum atomic E-state index is 0. The van der Waals surface area contributed by atoms with Crippen molar-refractivity contribution in [2.75, 3.05) is 32.8 Å². The van der Waals surface area contributed by atoms with Crippen LogP contribution in [0.25, 0.3) is 0 Å². The molecule has 0 unspecified atom stereocenters. The number of ether oxygens (including phenoxy) is 1. The number of aliphatic imine (C=N–C) groups is 1. The van der Waals surface area contributed by atoms with E-state index < -0.39 is 0 Å². The molecule has 0 amide bonds. The lowest BCUT2D eigenvalue weighted by Crippen LogP contribution is -2.38. The third-order valence-corrected chi connectivity index (χ3v) is 3.58. The van der Waals surface area contributed by atoms with Crippen molar-refractivity contribution < 1.29 is 4.74 Å². The zero-order chi connectivity index (χ0) is 15.6. The largest absolute Gasteiger partial charge is 0.381 e. The summed E-state index contributed by atoms with van der Waals surface area (Å²) in [6, 6.07) is 0. The Morgan fingerprint density at radius 1 is 1.43 bits per heavy atom. The molecule has 1 saturated carbocycles. The first kappa shape index (κ1) is 20.2. The van der Waals surface area contributed by atoms with Gasteiger partial charge in [-0.2, -0.15) is 5.10 Å². The topological polar surface area (TPSA) is 63.5 Å². The fourth-order valence-corrected chi connectivity index (χ4v) is 2.16. The first-order valence-electron chi connectivity index (χ1n) is 8.35. The van der Waals surface area contributed by atoms with Crippen molar-refractivity contribution >= 4 is 29.9 Å². The Morgan fingerprint density at radius 3 is 2.91 bits per heavy atom. The van der Waals surface area contributed by atoms with Crippen LogP contribution in [0.15, 0.2) is 17.4 Å². The van der Waals surface area contributed by atoms with E-state index in [1.165, 1.54) is 18.4 Å². The maximum Gasteiger partial charge on any atom is 0.191 e. The van der Waals surface area contributed by atoms with E-state index in [1.54, 1.807) is 0 Å². The number of aryl methyl sites for hydroxylation is 1. The van der Waals surface area contributed by atoms with Gasteiger partial charge in [0.05, 0.1) is 6.20 Å². The maximum absolute atomic E-state index is 5.62. The third kappa shape index (κ3) is 9.14. The number of guanidine groups is 1. The van der Waals surface area contributed by atoms with E-state index in [0.717, 1.165) is 57.6 Å². The van der Waals surface area contributed by atoms with Crippen LogP contribution in [0, 0.1) is 5.92 Å². The second-order valence-electron chi connectivity index (χ2n) is 5.83. The van der Waals surface area contributed by atoms with Crippen LogP contribution >= 0.6 is 24.0 Å². The summed E-state index contributed by atoms with van der Waals surface area (Å²) >= 11 is 0. The Balaban J connectivity index is 0.00000264. The summed E-state index contributed by atoms with van der Waals surface area (Å²) in [5.74, 6) is 1.73. The molecule has 6 nitrogen and oxygen atoms in total. The number of aromatic nitrogens is 2. The van der Waals surface area contributed by atoms with Crippen molar-refractivity contribution in [3.63, 3.8) is 0 Å². The number of rotatable bonds is 10. The third-order valence-electron chi connectivity index (χ3n) is 3.58. The first-order chi connectivity index (χ1) is 10.8. The minimum Gasteiger partial charge on any atom is -0.381 e. The number of hydrogen-bond acceptors (Lipinski definition) is 3. The first-order valence-corrected chi connectivity index (χ1v) is 8.35. The van der Waals surface area contributed by atoms with E-state index >= 15 is 0 Å². The molecule has 2 rings (SSSR count). The summed E-state index contributed by atoms with van der Waals surface area (Å²) in [6.45, 7) is 6.36. The van der Waals surface area contributed by atoms with Crippen LogP contribution in [-0.4, -0.2) is 48.6 Å². The molecule has 0 aromatic carbocycles. The van der Waals surface area contributed by atoms with E-state index in [0.29, 0.717) is 0 Å². The molecule has 0 saturated heterocycles. The Hall–Kier alpha value is -0.830. The normalized spacial score (nSPS) is 14.4. The van der Waals surface area contributed by atoms with Crippen molar-refractivity contribution in [1.29, 1.82) is 0 Å². The van der Waals surface area contributed by atoms with Crippen LogP contribution in [0.4, 0.5) is 0 Å². The van der Waals surface area contributed by atoms with Crippen molar-refractivity contribution in [3.05, 3.63) is 18.0 Å². The van der Waals surface area contributed by atoms with Gasteiger partial charge in [0, 0.05) is 46.1 Å². The van der Waals surface area contributed by atoms with Crippen molar-refractivity contribution in [3.8, 4) is 0 Å². The number of halogens is 1. The lowest BCUT2D eigenvalue weighted by atomic mass is 10.2. The highest BCUT2D eigenvalue weighted by atomic mass is 127. The van der Waals surface area contributed by atoms with E-state index in [1.807, 2.05) is 24.1 Å². The van der Waals surface area contributed by atoms with Crippen LogP contribution in [0.1, 0.15) is 31.7 Å². The number of nitrogens with zero attached hydrogens (tertiary/aromatic N) is 3. The molecule has 2 N–H and O–H groups in total. The van der Waals surface area contributed by atoms with Gasteiger partial charge in [0.25, 0.3) is 0 Å². The molecule has 1 fully saturated rings. The quantitative estimate of drug-likeness (QED) is 0.255. The van der Waals surface area contributed by atoms with Crippen molar-refractivity contribution in [2.45, 2.75) is 32.6 Å². The number of nitrogens with one attached hydrogen (secondary N) is 2. The highest BCUT2D eigenvalue weighted by Crippen LogP contribution is 2.28. The predicted octanol–water partition coefficient (Wildman–Crippen LogP) is 1.95. The Kier molecular flexibility index (Phi) is 10.3. The zero-order valence-electron chi connectivity index (χ0n) is 14.3. The molecular weight excluding hydrogens is 405 g/mol. The average molecular weight is 435 g/mol. The van der Waals surface area contributed by atoms with Crippen LogP contribution in [0.5, 0.6) is 0 Å². The SMILES string of the molecule is CCNC(=NCCCOCC1CC1)NCCc1cnn(C)c1.I. The molecule has 0 aliphatic heterocycles. The molecule has 0 radical (unpaired) electrons. The molecule has 7 heteroatoms. The van der Waals surface area contributed by atoms with E-state index in [-0.39, 0.29) is 24.0 Å².